The lowest BCUT2D eigenvalue weighted by Crippen LogP contribution is -2.08. The number of rotatable bonds is 2. The third-order valence-corrected chi connectivity index (χ3v) is 3.67. The first-order chi connectivity index (χ1) is 8.33. The van der Waals surface area contributed by atoms with Gasteiger partial charge in [-0.3, -0.25) is 5.10 Å². The molecule has 1 aliphatic rings. The van der Waals surface area contributed by atoms with Crippen LogP contribution < -0.4 is 0 Å². The summed E-state index contributed by atoms with van der Waals surface area (Å²) < 4.78 is 0.677. The number of nitrogens with one attached hydrogen (secondary N) is 1. The van der Waals surface area contributed by atoms with Crippen LogP contribution >= 0.6 is 12.2 Å². The van der Waals surface area contributed by atoms with E-state index in [2.05, 4.69) is 34.5 Å². The van der Waals surface area contributed by atoms with Gasteiger partial charge in [0.25, 0.3) is 0 Å². The first-order valence-corrected chi connectivity index (χ1v) is 6.39. The quantitative estimate of drug-likeness (QED) is 0.804. The van der Waals surface area contributed by atoms with Crippen LogP contribution in [-0.4, -0.2) is 10.2 Å². The molecule has 0 atom stereocenters. The summed E-state index contributed by atoms with van der Waals surface area (Å²) in [6.45, 7) is 0. The van der Waals surface area contributed by atoms with Gasteiger partial charge in [-0.05, 0) is 36.0 Å². The summed E-state index contributed by atoms with van der Waals surface area (Å²) in [7, 11) is 0. The number of H-pyrrole nitrogens is 1. The molecule has 0 spiro atoms. The largest absolute Gasteiger partial charge is 0.268 e. The predicted octanol–water partition coefficient (Wildman–Crippen LogP) is 4.07. The molecular formula is C14H14N2S. The first kappa shape index (κ1) is 10.7. The van der Waals surface area contributed by atoms with Crippen LogP contribution in [0.1, 0.15) is 30.7 Å². The van der Waals surface area contributed by atoms with Gasteiger partial charge in [-0.2, -0.15) is 5.10 Å². The molecule has 0 unspecified atom stereocenters. The molecule has 3 rings (SSSR count). The SMILES string of the molecule is S=c1cc(-c2cccc(C3CCC3)c2)cn[nH]1. The lowest BCUT2D eigenvalue weighted by Gasteiger charge is -2.26. The second kappa shape index (κ2) is 4.41. The van der Waals surface area contributed by atoms with Gasteiger partial charge in [0, 0.05) is 5.56 Å². The summed E-state index contributed by atoms with van der Waals surface area (Å²) in [5.41, 5.74) is 3.75. The van der Waals surface area contributed by atoms with Gasteiger partial charge in [0.2, 0.25) is 0 Å². The van der Waals surface area contributed by atoms with E-state index in [9.17, 15) is 0 Å². The van der Waals surface area contributed by atoms with E-state index in [1.54, 1.807) is 0 Å². The highest BCUT2D eigenvalue weighted by Crippen LogP contribution is 2.37. The average Bonchev–Trinajstić information content (AvgIpc) is 2.27. The normalized spacial score (nSPS) is 15.5. The Morgan fingerprint density at radius 1 is 1.18 bits per heavy atom. The van der Waals surface area contributed by atoms with Crippen molar-refractivity contribution in [2.45, 2.75) is 25.2 Å². The number of aromatic nitrogens is 2. The summed E-state index contributed by atoms with van der Waals surface area (Å²) >= 11 is 5.10. The van der Waals surface area contributed by atoms with Gasteiger partial charge in [0.05, 0.1) is 6.20 Å². The van der Waals surface area contributed by atoms with Crippen LogP contribution in [0.25, 0.3) is 11.1 Å². The maximum Gasteiger partial charge on any atom is 0.120 e. The molecule has 86 valence electrons. The van der Waals surface area contributed by atoms with Gasteiger partial charge < -0.3 is 0 Å². The first-order valence-electron chi connectivity index (χ1n) is 5.98. The average molecular weight is 242 g/mol. The Morgan fingerprint density at radius 3 is 2.76 bits per heavy atom. The van der Waals surface area contributed by atoms with Crippen molar-refractivity contribution in [3.63, 3.8) is 0 Å². The highest BCUT2D eigenvalue weighted by molar-refractivity contribution is 7.71. The third kappa shape index (κ3) is 2.15. The van der Waals surface area contributed by atoms with E-state index >= 15 is 0 Å². The Hall–Kier alpha value is -1.48. The van der Waals surface area contributed by atoms with Gasteiger partial charge >= 0.3 is 0 Å². The highest BCUT2D eigenvalue weighted by Gasteiger charge is 2.19. The fraction of sp³-hybridized carbons (Fsp3) is 0.286. The van der Waals surface area contributed by atoms with E-state index < -0.39 is 0 Å². The minimum atomic E-state index is 0.677. The van der Waals surface area contributed by atoms with Crippen molar-refractivity contribution in [1.82, 2.24) is 10.2 Å². The molecule has 0 saturated heterocycles. The standard InChI is InChI=1S/C14H14N2S/c17-14-8-13(9-15-16-14)12-6-2-5-11(7-12)10-3-1-4-10/h2,5-10H,1,3-4H2,(H,16,17). The molecule has 1 aliphatic carbocycles. The zero-order chi connectivity index (χ0) is 11.7. The van der Waals surface area contributed by atoms with E-state index in [0.29, 0.717) is 4.64 Å². The van der Waals surface area contributed by atoms with E-state index in [0.717, 1.165) is 11.5 Å². The molecule has 3 heteroatoms. The molecule has 0 amide bonds. The van der Waals surface area contributed by atoms with Crippen molar-refractivity contribution in [1.29, 1.82) is 0 Å². The lowest BCUT2D eigenvalue weighted by molar-refractivity contribution is 0.420. The minimum Gasteiger partial charge on any atom is -0.268 e. The summed E-state index contributed by atoms with van der Waals surface area (Å²) in [6.07, 6.45) is 5.86. The van der Waals surface area contributed by atoms with E-state index in [1.807, 2.05) is 12.3 Å². The van der Waals surface area contributed by atoms with Crippen molar-refractivity contribution in [3.8, 4) is 11.1 Å². The van der Waals surface area contributed by atoms with Crippen LogP contribution in [0, 0.1) is 4.64 Å². The Bertz CT molecular complexity index is 585. The number of benzene rings is 1. The second-order valence-electron chi connectivity index (χ2n) is 4.59. The van der Waals surface area contributed by atoms with Gasteiger partial charge in [0.1, 0.15) is 4.64 Å². The van der Waals surface area contributed by atoms with E-state index in [1.165, 1.54) is 30.4 Å². The Balaban J connectivity index is 2.00. The van der Waals surface area contributed by atoms with Crippen molar-refractivity contribution >= 4 is 12.2 Å². The number of hydrogen-bond donors (Lipinski definition) is 1. The van der Waals surface area contributed by atoms with Crippen LogP contribution in [0.2, 0.25) is 0 Å². The van der Waals surface area contributed by atoms with Crippen molar-refractivity contribution < 1.29 is 0 Å². The minimum absolute atomic E-state index is 0.677. The molecule has 1 aromatic heterocycles. The molecule has 2 nitrogen and oxygen atoms in total. The Morgan fingerprint density at radius 2 is 2.06 bits per heavy atom. The topological polar surface area (TPSA) is 28.7 Å². The van der Waals surface area contributed by atoms with Gasteiger partial charge in [-0.15, -0.1) is 0 Å². The van der Waals surface area contributed by atoms with Gasteiger partial charge in [0.15, 0.2) is 0 Å². The second-order valence-corrected chi connectivity index (χ2v) is 5.03. The predicted molar refractivity (Wildman–Crippen MR) is 71.4 cm³/mol. The molecular weight excluding hydrogens is 228 g/mol. The summed E-state index contributed by atoms with van der Waals surface area (Å²) in [6, 6.07) is 10.7. The van der Waals surface area contributed by atoms with Crippen molar-refractivity contribution in [3.05, 3.63) is 46.7 Å². The molecule has 0 aliphatic heterocycles. The molecule has 17 heavy (non-hydrogen) atoms. The molecule has 2 aromatic rings. The van der Waals surface area contributed by atoms with Crippen LogP contribution in [0.3, 0.4) is 0 Å². The fourth-order valence-electron chi connectivity index (χ4n) is 2.25. The van der Waals surface area contributed by atoms with Crippen LogP contribution in [0.4, 0.5) is 0 Å². The highest BCUT2D eigenvalue weighted by atomic mass is 32.1. The lowest BCUT2D eigenvalue weighted by atomic mass is 9.79. The van der Waals surface area contributed by atoms with Gasteiger partial charge in [-0.25, -0.2) is 0 Å². The molecule has 1 saturated carbocycles. The van der Waals surface area contributed by atoms with Crippen molar-refractivity contribution in [2.24, 2.45) is 0 Å². The zero-order valence-corrected chi connectivity index (χ0v) is 10.3. The van der Waals surface area contributed by atoms with Crippen LogP contribution in [0.5, 0.6) is 0 Å². The third-order valence-electron chi connectivity index (χ3n) is 3.46. The molecule has 1 fully saturated rings. The Labute approximate surface area is 106 Å². The number of nitrogens with zero attached hydrogens (tertiary/aromatic N) is 1. The molecule has 1 heterocycles. The number of aromatic amines is 1. The maximum absolute atomic E-state index is 5.10. The zero-order valence-electron chi connectivity index (χ0n) is 9.52. The maximum atomic E-state index is 5.10. The molecule has 1 aromatic carbocycles. The molecule has 0 radical (unpaired) electrons. The molecule has 0 bridgehead atoms. The van der Waals surface area contributed by atoms with Crippen LogP contribution in [0.15, 0.2) is 36.5 Å². The Kier molecular flexibility index (Phi) is 2.77. The number of hydrogen-bond acceptors (Lipinski definition) is 2. The summed E-state index contributed by atoms with van der Waals surface area (Å²) in [4.78, 5) is 0. The van der Waals surface area contributed by atoms with Crippen LogP contribution in [-0.2, 0) is 0 Å². The fourth-order valence-corrected chi connectivity index (χ4v) is 2.43. The summed E-state index contributed by atoms with van der Waals surface area (Å²) in [5, 5.41) is 6.81. The monoisotopic (exact) mass is 242 g/mol. The van der Waals surface area contributed by atoms with E-state index in [4.69, 9.17) is 12.2 Å². The molecule has 1 N–H and O–H groups in total. The summed E-state index contributed by atoms with van der Waals surface area (Å²) in [5.74, 6) is 0.765. The smallest absolute Gasteiger partial charge is 0.120 e. The van der Waals surface area contributed by atoms with Crippen molar-refractivity contribution in [2.75, 3.05) is 0 Å². The van der Waals surface area contributed by atoms with Gasteiger partial charge in [-0.1, -0.05) is 42.9 Å². The van der Waals surface area contributed by atoms with E-state index in [-0.39, 0.29) is 0 Å².